The molecule has 0 bridgehead atoms. The van der Waals surface area contributed by atoms with Crippen molar-refractivity contribution in [3.63, 3.8) is 0 Å². The highest BCUT2D eigenvalue weighted by Crippen LogP contribution is 2.38. The molecule has 17 heavy (non-hydrogen) atoms. The van der Waals surface area contributed by atoms with Gasteiger partial charge in [-0.2, -0.15) is 0 Å². The molecule has 1 atom stereocenters. The maximum atomic E-state index is 10.6. The lowest BCUT2D eigenvalue weighted by molar-refractivity contribution is -0.137. The predicted molar refractivity (Wildman–Crippen MR) is 63.3 cm³/mol. The Kier molecular flexibility index (Phi) is 3.96. The van der Waals surface area contributed by atoms with Crippen LogP contribution in [0, 0.1) is 13.8 Å². The molecule has 0 amide bonds. The summed E-state index contributed by atoms with van der Waals surface area (Å²) in [6, 6.07) is 0.946. The van der Waals surface area contributed by atoms with Crippen LogP contribution in [-0.2, 0) is 4.79 Å². The number of rotatable bonds is 4. The maximum absolute atomic E-state index is 10.6. The van der Waals surface area contributed by atoms with E-state index in [0.717, 1.165) is 11.1 Å². The zero-order chi connectivity index (χ0) is 13.2. The molecular weight excluding hydrogens is 222 g/mol. The molecule has 1 unspecified atom stereocenters. The Balaban J connectivity index is 3.25. The minimum atomic E-state index is -1.01. The number of nitrogens with two attached hydrogens (primary N) is 1. The van der Waals surface area contributed by atoms with Crippen LogP contribution in [0.3, 0.4) is 0 Å². The number of hydrogen-bond donors (Lipinski definition) is 3. The van der Waals surface area contributed by atoms with Gasteiger partial charge in [0.25, 0.3) is 0 Å². The van der Waals surface area contributed by atoms with Crippen molar-refractivity contribution in [2.45, 2.75) is 26.3 Å². The van der Waals surface area contributed by atoms with E-state index in [-0.39, 0.29) is 12.2 Å². The average molecular weight is 239 g/mol. The Morgan fingerprint density at radius 2 is 2.12 bits per heavy atom. The van der Waals surface area contributed by atoms with Crippen molar-refractivity contribution in [1.82, 2.24) is 0 Å². The van der Waals surface area contributed by atoms with Crippen molar-refractivity contribution in [2.24, 2.45) is 5.73 Å². The predicted octanol–water partition coefficient (Wildman–Crippen LogP) is 1.49. The third-order valence-electron chi connectivity index (χ3n) is 2.79. The van der Waals surface area contributed by atoms with Crippen molar-refractivity contribution in [3.8, 4) is 11.5 Å². The largest absolute Gasteiger partial charge is 0.504 e. The second-order valence-electron chi connectivity index (χ2n) is 3.99. The van der Waals surface area contributed by atoms with Gasteiger partial charge in [0.15, 0.2) is 11.5 Å². The normalized spacial score (nSPS) is 12.2. The molecule has 0 radical (unpaired) electrons. The Bertz CT molecular complexity index is 443. The van der Waals surface area contributed by atoms with Crippen molar-refractivity contribution in [1.29, 1.82) is 0 Å². The Labute approximate surface area is 99.8 Å². The number of hydrogen-bond acceptors (Lipinski definition) is 4. The fraction of sp³-hybridized carbons (Fsp3) is 0.417. The second-order valence-corrected chi connectivity index (χ2v) is 3.99. The minimum Gasteiger partial charge on any atom is -0.504 e. The van der Waals surface area contributed by atoms with Crippen LogP contribution in [-0.4, -0.2) is 23.3 Å². The first kappa shape index (κ1) is 13.3. The van der Waals surface area contributed by atoms with Gasteiger partial charge in [0.2, 0.25) is 0 Å². The van der Waals surface area contributed by atoms with Crippen molar-refractivity contribution in [2.75, 3.05) is 7.11 Å². The molecule has 94 valence electrons. The monoisotopic (exact) mass is 239 g/mol. The highest BCUT2D eigenvalue weighted by molar-refractivity contribution is 5.68. The molecular formula is C12H17NO4. The topological polar surface area (TPSA) is 92.8 Å². The van der Waals surface area contributed by atoms with E-state index in [1.807, 2.05) is 13.8 Å². The second kappa shape index (κ2) is 5.05. The summed E-state index contributed by atoms with van der Waals surface area (Å²) < 4.78 is 5.10. The first-order valence-electron chi connectivity index (χ1n) is 5.22. The number of aliphatic carboxylic acids is 1. The Morgan fingerprint density at radius 1 is 1.53 bits per heavy atom. The van der Waals surface area contributed by atoms with Crippen molar-refractivity contribution < 1.29 is 19.7 Å². The lowest BCUT2D eigenvalue weighted by atomic mass is 9.97. The highest BCUT2D eigenvalue weighted by atomic mass is 16.5. The summed E-state index contributed by atoms with van der Waals surface area (Å²) in [6.45, 7) is 3.68. The van der Waals surface area contributed by atoms with E-state index in [9.17, 15) is 9.90 Å². The number of carboxylic acid groups (broad SMARTS) is 1. The number of methoxy groups -OCH3 is 1. The number of carbonyl (C=O) groups is 1. The summed E-state index contributed by atoms with van der Waals surface area (Å²) >= 11 is 0. The van der Waals surface area contributed by atoms with Crippen LogP contribution >= 0.6 is 0 Å². The molecule has 1 rings (SSSR count). The molecule has 0 saturated heterocycles. The lowest BCUT2D eigenvalue weighted by Crippen LogP contribution is -2.15. The number of aryl methyl sites for hydroxylation is 1. The van der Waals surface area contributed by atoms with Crippen LogP contribution < -0.4 is 10.5 Å². The molecule has 1 aromatic carbocycles. The van der Waals surface area contributed by atoms with Gasteiger partial charge in [0, 0.05) is 11.6 Å². The van der Waals surface area contributed by atoms with E-state index in [1.165, 1.54) is 7.11 Å². The number of aromatic hydroxyl groups is 1. The van der Waals surface area contributed by atoms with Crippen LogP contribution in [0.4, 0.5) is 0 Å². The SMILES string of the molecule is COc1c(C)c(C)cc(C(N)CC(=O)O)c1O. The third-order valence-corrected chi connectivity index (χ3v) is 2.79. The quantitative estimate of drug-likeness (QED) is 0.740. The lowest BCUT2D eigenvalue weighted by Gasteiger charge is -2.17. The number of ether oxygens (including phenoxy) is 1. The summed E-state index contributed by atoms with van der Waals surface area (Å²) in [5.74, 6) is -0.737. The van der Waals surface area contributed by atoms with Gasteiger partial charge in [-0.1, -0.05) is 6.07 Å². The molecule has 0 aliphatic carbocycles. The van der Waals surface area contributed by atoms with Gasteiger partial charge in [-0.15, -0.1) is 0 Å². The van der Waals surface area contributed by atoms with E-state index >= 15 is 0 Å². The van der Waals surface area contributed by atoms with E-state index in [2.05, 4.69) is 0 Å². The van der Waals surface area contributed by atoms with Crippen LogP contribution in [0.15, 0.2) is 6.07 Å². The van der Waals surface area contributed by atoms with Gasteiger partial charge < -0.3 is 20.7 Å². The summed E-state index contributed by atoms with van der Waals surface area (Å²) in [7, 11) is 1.45. The Hall–Kier alpha value is -1.75. The van der Waals surface area contributed by atoms with E-state index in [1.54, 1.807) is 6.07 Å². The van der Waals surface area contributed by atoms with Crippen LogP contribution in [0.2, 0.25) is 0 Å². The standard InChI is InChI=1S/C12H17NO4/c1-6-4-8(9(13)5-10(14)15)11(16)12(17-3)7(6)2/h4,9,16H,5,13H2,1-3H3,(H,14,15). The fourth-order valence-corrected chi connectivity index (χ4v) is 1.73. The zero-order valence-corrected chi connectivity index (χ0v) is 10.2. The van der Waals surface area contributed by atoms with Gasteiger partial charge in [0.1, 0.15) is 0 Å². The third kappa shape index (κ3) is 2.68. The minimum absolute atomic E-state index is 0.0793. The van der Waals surface area contributed by atoms with Gasteiger partial charge in [-0.3, -0.25) is 4.79 Å². The molecule has 0 saturated carbocycles. The number of carboxylic acids is 1. The zero-order valence-electron chi connectivity index (χ0n) is 10.2. The first-order chi connectivity index (χ1) is 7.88. The molecule has 5 nitrogen and oxygen atoms in total. The number of benzene rings is 1. The smallest absolute Gasteiger partial charge is 0.305 e. The van der Waals surface area contributed by atoms with Crippen LogP contribution in [0.25, 0.3) is 0 Å². The Morgan fingerprint density at radius 3 is 2.59 bits per heavy atom. The van der Waals surface area contributed by atoms with Crippen LogP contribution in [0.5, 0.6) is 11.5 Å². The molecule has 0 aliphatic heterocycles. The molecule has 1 aromatic rings. The fourth-order valence-electron chi connectivity index (χ4n) is 1.73. The summed E-state index contributed by atoms with van der Waals surface area (Å²) in [5.41, 5.74) is 7.85. The average Bonchev–Trinajstić information content (AvgIpc) is 2.23. The summed E-state index contributed by atoms with van der Waals surface area (Å²) in [6.07, 6.45) is -0.237. The first-order valence-corrected chi connectivity index (χ1v) is 5.22. The molecule has 0 aliphatic rings. The van der Waals surface area contributed by atoms with E-state index < -0.39 is 12.0 Å². The van der Waals surface area contributed by atoms with Crippen LogP contribution in [0.1, 0.15) is 29.2 Å². The number of phenolic OH excluding ortho intramolecular Hbond substituents is 1. The summed E-state index contributed by atoms with van der Waals surface area (Å²) in [5, 5.41) is 18.7. The molecule has 0 spiro atoms. The van der Waals surface area contributed by atoms with Crippen molar-refractivity contribution >= 4 is 5.97 Å². The van der Waals surface area contributed by atoms with Gasteiger partial charge >= 0.3 is 5.97 Å². The van der Waals surface area contributed by atoms with E-state index in [0.29, 0.717) is 11.3 Å². The molecule has 5 heteroatoms. The van der Waals surface area contributed by atoms with Gasteiger partial charge in [0.05, 0.1) is 13.5 Å². The van der Waals surface area contributed by atoms with Crippen molar-refractivity contribution in [3.05, 3.63) is 22.8 Å². The molecule has 0 heterocycles. The molecule has 4 N–H and O–H groups in total. The van der Waals surface area contributed by atoms with Gasteiger partial charge in [-0.05, 0) is 25.0 Å². The maximum Gasteiger partial charge on any atom is 0.305 e. The molecule has 0 fully saturated rings. The number of phenols is 1. The van der Waals surface area contributed by atoms with Gasteiger partial charge in [-0.25, -0.2) is 0 Å². The summed E-state index contributed by atoms with van der Waals surface area (Å²) in [4.78, 5) is 10.6. The molecule has 0 aromatic heterocycles. The highest BCUT2D eigenvalue weighted by Gasteiger charge is 2.20. The van der Waals surface area contributed by atoms with E-state index in [4.69, 9.17) is 15.6 Å².